The molecule has 0 atom stereocenters. The van der Waals surface area contributed by atoms with E-state index in [1.54, 1.807) is 23.6 Å². The molecule has 122 valence electrons. The van der Waals surface area contributed by atoms with Gasteiger partial charge in [0.15, 0.2) is 5.69 Å². The third-order valence-corrected chi connectivity index (χ3v) is 4.84. The number of aryl methyl sites for hydroxylation is 1. The first-order chi connectivity index (χ1) is 10.4. The van der Waals surface area contributed by atoms with Crippen molar-refractivity contribution in [2.45, 2.75) is 45.1 Å². The number of halogens is 1. The van der Waals surface area contributed by atoms with Gasteiger partial charge in [0, 0.05) is 20.1 Å². The Labute approximate surface area is 135 Å². The molecule has 0 aliphatic heterocycles. The third-order valence-electron chi connectivity index (χ3n) is 4.39. The minimum Gasteiger partial charge on any atom is -0.342 e. The molecule has 22 heavy (non-hydrogen) atoms. The van der Waals surface area contributed by atoms with E-state index >= 15 is 0 Å². The van der Waals surface area contributed by atoms with Gasteiger partial charge >= 0.3 is 0 Å². The summed E-state index contributed by atoms with van der Waals surface area (Å²) in [5, 5.41) is 7.01. The van der Waals surface area contributed by atoms with E-state index in [1.807, 2.05) is 7.05 Å². The molecule has 0 saturated heterocycles. The number of hydrogen-bond donors (Lipinski definition) is 1. The lowest BCUT2D eigenvalue weighted by molar-refractivity contribution is -0.131. The molecule has 1 aromatic heterocycles. The quantitative estimate of drug-likeness (QED) is 0.919. The lowest BCUT2D eigenvalue weighted by atomic mass is 9.94. The van der Waals surface area contributed by atoms with Gasteiger partial charge in [0.05, 0.1) is 17.3 Å². The van der Waals surface area contributed by atoms with Crippen molar-refractivity contribution in [2.24, 2.45) is 7.05 Å². The number of nitrogens with zero attached hydrogens (tertiary/aromatic N) is 3. The van der Waals surface area contributed by atoms with E-state index in [2.05, 4.69) is 10.4 Å². The Balaban J connectivity index is 1.90. The Bertz CT molecular complexity index is 564. The molecule has 1 N–H and O–H groups in total. The smallest absolute Gasteiger partial charge is 0.273 e. The Morgan fingerprint density at radius 3 is 2.55 bits per heavy atom. The second-order valence-electron chi connectivity index (χ2n) is 5.85. The molecule has 0 radical (unpaired) electrons. The lowest BCUT2D eigenvalue weighted by Gasteiger charge is -2.31. The summed E-state index contributed by atoms with van der Waals surface area (Å²) in [6.07, 6.45) is 5.66. The summed E-state index contributed by atoms with van der Waals surface area (Å²) in [5.74, 6) is -0.497. The van der Waals surface area contributed by atoms with Gasteiger partial charge in [-0.25, -0.2) is 0 Å². The average Bonchev–Trinajstić information content (AvgIpc) is 2.80. The van der Waals surface area contributed by atoms with Gasteiger partial charge < -0.3 is 10.2 Å². The maximum atomic E-state index is 12.2. The van der Waals surface area contributed by atoms with Gasteiger partial charge in [-0.15, -0.1) is 0 Å². The van der Waals surface area contributed by atoms with Crippen molar-refractivity contribution < 1.29 is 9.59 Å². The fourth-order valence-corrected chi connectivity index (χ4v) is 3.01. The van der Waals surface area contributed by atoms with Gasteiger partial charge in [-0.2, -0.15) is 5.10 Å². The van der Waals surface area contributed by atoms with Gasteiger partial charge in [-0.1, -0.05) is 30.9 Å². The van der Waals surface area contributed by atoms with E-state index in [4.69, 9.17) is 11.6 Å². The molecular formula is C15H23ClN4O2. The van der Waals surface area contributed by atoms with E-state index in [0.717, 1.165) is 31.4 Å². The van der Waals surface area contributed by atoms with E-state index in [-0.39, 0.29) is 18.1 Å². The second kappa shape index (κ2) is 7.13. The van der Waals surface area contributed by atoms with Gasteiger partial charge in [-0.3, -0.25) is 14.3 Å². The number of nitrogens with one attached hydrogen (secondary N) is 1. The monoisotopic (exact) mass is 326 g/mol. The van der Waals surface area contributed by atoms with Crippen LogP contribution in [0.1, 0.15) is 48.3 Å². The molecule has 6 nitrogen and oxygen atoms in total. The summed E-state index contributed by atoms with van der Waals surface area (Å²) in [7, 11) is 3.53. The Kier molecular flexibility index (Phi) is 5.45. The highest BCUT2D eigenvalue weighted by atomic mass is 35.5. The molecule has 1 aliphatic carbocycles. The molecule has 0 aromatic carbocycles. The topological polar surface area (TPSA) is 67.2 Å². The van der Waals surface area contributed by atoms with Crippen LogP contribution < -0.4 is 5.32 Å². The van der Waals surface area contributed by atoms with Crippen LogP contribution in [0.2, 0.25) is 5.02 Å². The Morgan fingerprint density at radius 2 is 2.00 bits per heavy atom. The number of aromatic nitrogens is 2. The predicted molar refractivity (Wildman–Crippen MR) is 84.9 cm³/mol. The minimum absolute atomic E-state index is 0.0300. The van der Waals surface area contributed by atoms with Gasteiger partial charge in [0.25, 0.3) is 5.91 Å². The van der Waals surface area contributed by atoms with Crippen LogP contribution >= 0.6 is 11.6 Å². The van der Waals surface area contributed by atoms with Crippen molar-refractivity contribution in [1.29, 1.82) is 0 Å². The summed E-state index contributed by atoms with van der Waals surface area (Å²) in [5.41, 5.74) is 0.882. The first-order valence-electron chi connectivity index (χ1n) is 7.64. The van der Waals surface area contributed by atoms with Gasteiger partial charge in [0.1, 0.15) is 0 Å². The van der Waals surface area contributed by atoms with Crippen LogP contribution in [0.4, 0.5) is 0 Å². The molecular weight excluding hydrogens is 304 g/mol. The van der Waals surface area contributed by atoms with E-state index in [0.29, 0.717) is 11.1 Å². The number of carbonyl (C=O) groups excluding carboxylic acids is 2. The molecule has 0 spiro atoms. The zero-order valence-electron chi connectivity index (χ0n) is 13.4. The summed E-state index contributed by atoms with van der Waals surface area (Å²) in [6, 6.07) is 0.291. The maximum Gasteiger partial charge on any atom is 0.273 e. The van der Waals surface area contributed by atoms with Crippen molar-refractivity contribution in [3.63, 3.8) is 0 Å². The Hall–Kier alpha value is -1.56. The van der Waals surface area contributed by atoms with Gasteiger partial charge in [0.2, 0.25) is 5.91 Å². The van der Waals surface area contributed by atoms with Crippen molar-refractivity contribution in [3.8, 4) is 0 Å². The van der Waals surface area contributed by atoms with E-state index in [9.17, 15) is 9.59 Å². The molecule has 2 rings (SSSR count). The second-order valence-corrected chi connectivity index (χ2v) is 6.23. The number of likely N-dealkylation sites (N-methyl/N-ethyl adjacent to an activating group) is 1. The molecule has 1 fully saturated rings. The first kappa shape index (κ1) is 16.8. The highest BCUT2D eigenvalue weighted by molar-refractivity contribution is 6.34. The fourth-order valence-electron chi connectivity index (χ4n) is 2.76. The number of hydrogen-bond acceptors (Lipinski definition) is 3. The number of amides is 2. The molecule has 0 unspecified atom stereocenters. The molecule has 1 aliphatic rings. The third kappa shape index (κ3) is 3.61. The van der Waals surface area contributed by atoms with Crippen LogP contribution in [0.25, 0.3) is 0 Å². The van der Waals surface area contributed by atoms with Crippen LogP contribution in [0, 0.1) is 6.92 Å². The first-order valence-corrected chi connectivity index (χ1v) is 8.02. The normalized spacial score (nSPS) is 15.6. The summed E-state index contributed by atoms with van der Waals surface area (Å²) in [4.78, 5) is 26.0. The van der Waals surface area contributed by atoms with E-state index < -0.39 is 5.91 Å². The van der Waals surface area contributed by atoms with E-state index in [1.165, 1.54) is 6.42 Å². The fraction of sp³-hybridized carbons (Fsp3) is 0.667. The summed E-state index contributed by atoms with van der Waals surface area (Å²) >= 11 is 6.07. The standard InChI is InChI=1S/C15H23ClN4O2/c1-10-13(16)14(18-20(10)3)15(22)17-9-12(21)19(2)11-7-5-4-6-8-11/h11H,4-9H2,1-3H3,(H,17,22). The van der Waals surface area contributed by atoms with Crippen molar-refractivity contribution in [1.82, 2.24) is 20.0 Å². The molecule has 1 aromatic rings. The maximum absolute atomic E-state index is 12.2. The molecule has 1 heterocycles. The van der Waals surface area contributed by atoms with Crippen molar-refractivity contribution >= 4 is 23.4 Å². The molecule has 7 heteroatoms. The lowest BCUT2D eigenvalue weighted by Crippen LogP contribution is -2.44. The summed E-state index contributed by atoms with van der Waals surface area (Å²) < 4.78 is 1.55. The van der Waals surface area contributed by atoms with Crippen molar-refractivity contribution in [2.75, 3.05) is 13.6 Å². The van der Waals surface area contributed by atoms with Crippen LogP contribution in [0.3, 0.4) is 0 Å². The number of carbonyl (C=O) groups is 2. The van der Waals surface area contributed by atoms with Crippen LogP contribution in [0.5, 0.6) is 0 Å². The zero-order valence-corrected chi connectivity index (χ0v) is 14.1. The SMILES string of the molecule is Cc1c(Cl)c(C(=O)NCC(=O)N(C)C2CCCCC2)nn1C. The molecule has 2 amide bonds. The Morgan fingerprint density at radius 1 is 1.36 bits per heavy atom. The van der Waals surface area contributed by atoms with Gasteiger partial charge in [-0.05, 0) is 19.8 Å². The van der Waals surface area contributed by atoms with Crippen LogP contribution in [-0.2, 0) is 11.8 Å². The van der Waals surface area contributed by atoms with Crippen LogP contribution in [-0.4, -0.2) is 46.1 Å². The van der Waals surface area contributed by atoms with Crippen molar-refractivity contribution in [3.05, 3.63) is 16.4 Å². The minimum atomic E-state index is -0.418. The molecule has 1 saturated carbocycles. The highest BCUT2D eigenvalue weighted by Crippen LogP contribution is 2.21. The highest BCUT2D eigenvalue weighted by Gasteiger charge is 2.23. The molecule has 0 bridgehead atoms. The number of rotatable bonds is 4. The predicted octanol–water partition coefficient (Wildman–Crippen LogP) is 1.90. The largest absolute Gasteiger partial charge is 0.342 e. The summed E-state index contributed by atoms with van der Waals surface area (Å²) in [6.45, 7) is 1.76. The average molecular weight is 327 g/mol. The zero-order chi connectivity index (χ0) is 16.3. The van der Waals surface area contributed by atoms with Crippen LogP contribution in [0.15, 0.2) is 0 Å².